The van der Waals surface area contributed by atoms with E-state index in [1.807, 2.05) is 0 Å². The van der Waals surface area contributed by atoms with Gasteiger partial charge in [0.15, 0.2) is 0 Å². The lowest BCUT2D eigenvalue weighted by Crippen LogP contribution is -2.38. The van der Waals surface area contributed by atoms with Gasteiger partial charge >= 0.3 is 6.18 Å². The fraction of sp³-hybridized carbons (Fsp3) is 0.538. The summed E-state index contributed by atoms with van der Waals surface area (Å²) in [4.78, 5) is 1.67. The molecule has 1 aromatic rings. The first-order valence-corrected chi connectivity index (χ1v) is 6.16. The molecule has 1 fully saturated rings. The lowest BCUT2D eigenvalue weighted by molar-refractivity contribution is -0.169. The Balaban J connectivity index is 2.22. The van der Waals surface area contributed by atoms with Crippen molar-refractivity contribution in [2.24, 2.45) is 5.92 Å². The highest BCUT2D eigenvalue weighted by Crippen LogP contribution is 2.30. The fourth-order valence-corrected chi connectivity index (χ4v) is 2.32. The van der Waals surface area contributed by atoms with E-state index < -0.39 is 12.1 Å². The number of aryl methyl sites for hydroxylation is 1. The van der Waals surface area contributed by atoms with Gasteiger partial charge < -0.3 is 10.2 Å². The van der Waals surface area contributed by atoms with Crippen LogP contribution in [-0.4, -0.2) is 32.4 Å². The van der Waals surface area contributed by atoms with Gasteiger partial charge in [-0.1, -0.05) is 0 Å². The van der Waals surface area contributed by atoms with E-state index in [2.05, 4.69) is 5.32 Å². The van der Waals surface area contributed by atoms with Crippen LogP contribution in [0.1, 0.15) is 5.56 Å². The van der Waals surface area contributed by atoms with Gasteiger partial charge in [-0.05, 0) is 30.7 Å². The Kier molecular flexibility index (Phi) is 3.99. The molecule has 19 heavy (non-hydrogen) atoms. The third-order valence-electron chi connectivity index (χ3n) is 3.35. The van der Waals surface area contributed by atoms with Gasteiger partial charge in [0.25, 0.3) is 0 Å². The van der Waals surface area contributed by atoms with Crippen molar-refractivity contribution >= 4 is 5.69 Å². The van der Waals surface area contributed by atoms with Crippen molar-refractivity contribution in [1.29, 1.82) is 0 Å². The van der Waals surface area contributed by atoms with Gasteiger partial charge in [-0.15, -0.1) is 0 Å². The van der Waals surface area contributed by atoms with Crippen LogP contribution in [0.3, 0.4) is 0 Å². The summed E-state index contributed by atoms with van der Waals surface area (Å²) in [5, 5.41) is 2.80. The predicted molar refractivity (Wildman–Crippen MR) is 65.8 cm³/mol. The highest BCUT2D eigenvalue weighted by molar-refractivity contribution is 5.53. The number of nitrogens with one attached hydrogen (secondary N) is 1. The Bertz CT molecular complexity index is 445. The molecule has 1 heterocycles. The Morgan fingerprint density at radius 2 is 2.05 bits per heavy atom. The normalized spacial score (nSPS) is 21.3. The summed E-state index contributed by atoms with van der Waals surface area (Å²) in [5.74, 6) is -1.78. The maximum atomic E-state index is 13.1. The molecular formula is C13H16F4N2. The quantitative estimate of drug-likeness (QED) is 0.793. The molecule has 6 heteroatoms. The second kappa shape index (κ2) is 5.36. The molecule has 2 nitrogen and oxygen atoms in total. The van der Waals surface area contributed by atoms with Crippen LogP contribution in [0.5, 0.6) is 0 Å². The maximum Gasteiger partial charge on any atom is 0.394 e. The van der Waals surface area contributed by atoms with E-state index in [1.165, 1.54) is 12.1 Å². The third-order valence-corrected chi connectivity index (χ3v) is 3.35. The molecule has 1 N–H and O–H groups in total. The van der Waals surface area contributed by atoms with Crippen molar-refractivity contribution in [1.82, 2.24) is 5.32 Å². The smallest absolute Gasteiger partial charge is 0.369 e. The zero-order valence-electron chi connectivity index (χ0n) is 10.6. The van der Waals surface area contributed by atoms with Crippen LogP contribution in [0, 0.1) is 18.7 Å². The van der Waals surface area contributed by atoms with Crippen LogP contribution in [0.4, 0.5) is 23.2 Å². The van der Waals surface area contributed by atoms with Crippen molar-refractivity contribution in [3.63, 3.8) is 0 Å². The number of benzene rings is 1. The van der Waals surface area contributed by atoms with Gasteiger partial charge in [0.2, 0.25) is 0 Å². The maximum absolute atomic E-state index is 13.1. The number of hydrogen-bond donors (Lipinski definition) is 1. The second-order valence-corrected chi connectivity index (χ2v) is 4.82. The number of alkyl halides is 3. The molecular weight excluding hydrogens is 260 g/mol. The Labute approximate surface area is 109 Å². The molecule has 1 aliphatic rings. The fourth-order valence-electron chi connectivity index (χ4n) is 2.32. The van der Waals surface area contributed by atoms with Gasteiger partial charge in [-0.25, -0.2) is 4.39 Å². The summed E-state index contributed by atoms with van der Waals surface area (Å²) < 4.78 is 51.6. The standard InChI is InChI=1S/C13H16F4N2/c1-9-6-11(14)2-3-12(9)19-5-4-18-7-10(8-19)13(15,16)17/h2-3,6,10,18H,4-5,7-8H2,1H3. The van der Waals surface area contributed by atoms with E-state index in [9.17, 15) is 17.6 Å². The van der Waals surface area contributed by atoms with E-state index in [0.717, 1.165) is 0 Å². The second-order valence-electron chi connectivity index (χ2n) is 4.82. The monoisotopic (exact) mass is 276 g/mol. The molecule has 1 unspecified atom stereocenters. The molecule has 0 aliphatic carbocycles. The van der Waals surface area contributed by atoms with E-state index in [1.54, 1.807) is 17.9 Å². The van der Waals surface area contributed by atoms with Crippen LogP contribution in [0.15, 0.2) is 18.2 Å². The number of hydrogen-bond acceptors (Lipinski definition) is 2. The minimum absolute atomic E-state index is 0.0692. The summed E-state index contributed by atoms with van der Waals surface area (Å²) in [6, 6.07) is 4.17. The largest absolute Gasteiger partial charge is 0.394 e. The molecule has 0 bridgehead atoms. The molecule has 1 aliphatic heterocycles. The van der Waals surface area contributed by atoms with Crippen LogP contribution >= 0.6 is 0 Å². The molecule has 0 aromatic heterocycles. The average molecular weight is 276 g/mol. The van der Waals surface area contributed by atoms with E-state index in [4.69, 9.17) is 0 Å². The molecule has 1 aromatic carbocycles. The average Bonchev–Trinajstić information content (AvgIpc) is 2.54. The molecule has 106 valence electrons. The molecule has 2 rings (SSSR count). The molecule has 1 saturated heterocycles. The van der Waals surface area contributed by atoms with Crippen molar-refractivity contribution in [2.45, 2.75) is 13.1 Å². The summed E-state index contributed by atoms with van der Waals surface area (Å²) in [6.45, 7) is 2.52. The molecule has 0 saturated carbocycles. The van der Waals surface area contributed by atoms with Crippen molar-refractivity contribution < 1.29 is 17.6 Å². The van der Waals surface area contributed by atoms with Crippen molar-refractivity contribution in [3.05, 3.63) is 29.6 Å². The van der Waals surface area contributed by atoms with Crippen LogP contribution in [0.25, 0.3) is 0 Å². The van der Waals surface area contributed by atoms with Gasteiger partial charge in [-0.3, -0.25) is 0 Å². The zero-order chi connectivity index (χ0) is 14.0. The summed E-state index contributed by atoms with van der Waals surface area (Å²) >= 11 is 0. The van der Waals surface area contributed by atoms with E-state index in [-0.39, 0.29) is 18.9 Å². The first kappa shape index (κ1) is 14.1. The summed E-state index contributed by atoms with van der Waals surface area (Å²) in [7, 11) is 0. The van der Waals surface area contributed by atoms with Crippen molar-refractivity contribution in [3.8, 4) is 0 Å². The van der Waals surface area contributed by atoms with Gasteiger partial charge in [0, 0.05) is 31.9 Å². The Morgan fingerprint density at radius 3 is 2.68 bits per heavy atom. The summed E-state index contributed by atoms with van der Waals surface area (Å²) in [6.07, 6.45) is -4.22. The Morgan fingerprint density at radius 1 is 1.32 bits per heavy atom. The molecule has 0 spiro atoms. The number of nitrogens with zero attached hydrogens (tertiary/aromatic N) is 1. The van der Waals surface area contributed by atoms with Crippen LogP contribution in [-0.2, 0) is 0 Å². The first-order valence-electron chi connectivity index (χ1n) is 6.16. The van der Waals surface area contributed by atoms with Crippen molar-refractivity contribution in [2.75, 3.05) is 31.1 Å². The SMILES string of the molecule is Cc1cc(F)ccc1N1CCNCC(C(F)(F)F)C1. The first-order chi connectivity index (χ1) is 8.88. The van der Waals surface area contributed by atoms with Gasteiger partial charge in [0.1, 0.15) is 5.82 Å². The third kappa shape index (κ3) is 3.37. The minimum Gasteiger partial charge on any atom is -0.369 e. The lowest BCUT2D eigenvalue weighted by Gasteiger charge is -2.28. The zero-order valence-corrected chi connectivity index (χ0v) is 10.6. The Hall–Kier alpha value is -1.30. The number of rotatable bonds is 1. The highest BCUT2D eigenvalue weighted by atomic mass is 19.4. The highest BCUT2D eigenvalue weighted by Gasteiger charge is 2.41. The molecule has 1 atom stereocenters. The van der Waals surface area contributed by atoms with Gasteiger partial charge in [0.05, 0.1) is 5.92 Å². The summed E-state index contributed by atoms with van der Waals surface area (Å²) in [5.41, 5.74) is 1.32. The number of halogens is 4. The predicted octanol–water partition coefficient (Wildman–Crippen LogP) is 2.72. The lowest BCUT2D eigenvalue weighted by atomic mass is 10.1. The van der Waals surface area contributed by atoms with E-state index >= 15 is 0 Å². The topological polar surface area (TPSA) is 15.3 Å². The molecule has 0 amide bonds. The molecule has 0 radical (unpaired) electrons. The minimum atomic E-state index is -4.22. The van der Waals surface area contributed by atoms with Crippen LogP contribution in [0.2, 0.25) is 0 Å². The van der Waals surface area contributed by atoms with Gasteiger partial charge in [-0.2, -0.15) is 13.2 Å². The van der Waals surface area contributed by atoms with Crippen LogP contribution < -0.4 is 10.2 Å². The number of anilines is 1. The van der Waals surface area contributed by atoms with E-state index in [0.29, 0.717) is 24.3 Å².